The normalized spacial score (nSPS) is 10.8. The van der Waals surface area contributed by atoms with Gasteiger partial charge in [-0.1, -0.05) is 29.8 Å². The van der Waals surface area contributed by atoms with Gasteiger partial charge in [0.1, 0.15) is 17.2 Å². The molecule has 0 aliphatic rings. The number of hydrogen-bond acceptors (Lipinski definition) is 6. The minimum atomic E-state index is -0.762. The second-order valence-corrected chi connectivity index (χ2v) is 7.73. The highest BCUT2D eigenvalue weighted by Crippen LogP contribution is 2.36. The molecule has 4 N–H and O–H groups in total. The molecule has 0 bridgehead atoms. The van der Waals surface area contributed by atoms with Crippen molar-refractivity contribution in [2.75, 3.05) is 7.11 Å². The zero-order chi connectivity index (χ0) is 23.5. The fourth-order valence-electron chi connectivity index (χ4n) is 3.74. The van der Waals surface area contributed by atoms with E-state index in [0.717, 1.165) is 11.1 Å². The van der Waals surface area contributed by atoms with Crippen LogP contribution in [0.15, 0.2) is 60.7 Å². The molecule has 0 spiro atoms. The number of hydrogen-bond donors (Lipinski definition) is 3. The average Bonchev–Trinajstić information content (AvgIpc) is 3.24. The first-order valence-corrected chi connectivity index (χ1v) is 10.4. The fraction of sp³-hybridized carbons (Fsp3) is 0.160. The number of carbonyl (C=O) groups is 1. The number of phenolic OH excluding ortho intramolecular Hbond substituents is 2. The summed E-state index contributed by atoms with van der Waals surface area (Å²) in [6, 6.07) is 18.0. The molecule has 1 amide bonds. The van der Waals surface area contributed by atoms with Gasteiger partial charge in [0.05, 0.1) is 12.7 Å². The number of carbonyl (C=O) groups excluding carboxylic acids is 1. The Labute approximate surface area is 190 Å². The van der Waals surface area contributed by atoms with Gasteiger partial charge in [0, 0.05) is 11.8 Å². The monoisotopic (exact) mass is 444 g/mol. The number of primary amides is 1. The van der Waals surface area contributed by atoms with Gasteiger partial charge in [-0.15, -0.1) is 10.2 Å². The molecule has 0 saturated heterocycles. The highest BCUT2D eigenvalue weighted by atomic mass is 16.5. The summed E-state index contributed by atoms with van der Waals surface area (Å²) in [5, 5.41) is 29.1. The average molecular weight is 444 g/mol. The molecule has 0 saturated carbocycles. The number of aromatic hydroxyl groups is 2. The van der Waals surface area contributed by atoms with E-state index >= 15 is 0 Å². The summed E-state index contributed by atoms with van der Waals surface area (Å²) in [6.07, 6.45) is 1.25. The number of methoxy groups -OCH3 is 1. The van der Waals surface area contributed by atoms with E-state index in [-0.39, 0.29) is 23.1 Å². The molecule has 33 heavy (non-hydrogen) atoms. The molecule has 168 valence electrons. The van der Waals surface area contributed by atoms with Gasteiger partial charge < -0.3 is 20.7 Å². The number of amides is 1. The van der Waals surface area contributed by atoms with E-state index in [2.05, 4.69) is 16.3 Å². The lowest BCUT2D eigenvalue weighted by atomic mass is 9.99. The molecule has 4 aromatic rings. The van der Waals surface area contributed by atoms with Gasteiger partial charge in [0.2, 0.25) is 5.82 Å². The Hall–Kier alpha value is -4.33. The van der Waals surface area contributed by atoms with Crippen LogP contribution in [-0.4, -0.2) is 38.0 Å². The molecule has 0 unspecified atom stereocenters. The number of rotatable bonds is 7. The Morgan fingerprint density at radius 2 is 1.76 bits per heavy atom. The SMILES string of the molecule is COc1ccc(-n2c(C(N)=O)nnc2-c2cc(CCc3cccc(C)c3)c(O)cc2O)cc1. The van der Waals surface area contributed by atoms with Crippen molar-refractivity contribution in [2.24, 2.45) is 5.73 Å². The van der Waals surface area contributed by atoms with Crippen molar-refractivity contribution >= 4 is 5.91 Å². The molecule has 0 aliphatic carbocycles. The number of benzene rings is 3. The van der Waals surface area contributed by atoms with Crippen LogP contribution in [0.4, 0.5) is 0 Å². The van der Waals surface area contributed by atoms with Crippen LogP contribution in [0.3, 0.4) is 0 Å². The van der Waals surface area contributed by atoms with Gasteiger partial charge in [0.25, 0.3) is 5.91 Å². The van der Waals surface area contributed by atoms with Crippen molar-refractivity contribution in [1.29, 1.82) is 0 Å². The summed E-state index contributed by atoms with van der Waals surface area (Å²) in [6.45, 7) is 2.03. The quantitative estimate of drug-likeness (QED) is 0.401. The third-order valence-corrected chi connectivity index (χ3v) is 5.42. The van der Waals surface area contributed by atoms with Crippen LogP contribution in [0.25, 0.3) is 17.1 Å². The second kappa shape index (κ2) is 9.04. The molecule has 0 atom stereocenters. The predicted octanol–water partition coefficient (Wildman–Crippen LogP) is 3.55. The Balaban J connectivity index is 1.77. The van der Waals surface area contributed by atoms with Crippen LogP contribution in [0.2, 0.25) is 0 Å². The van der Waals surface area contributed by atoms with E-state index in [4.69, 9.17) is 10.5 Å². The van der Waals surface area contributed by atoms with Gasteiger partial charge >= 0.3 is 0 Å². The summed E-state index contributed by atoms with van der Waals surface area (Å²) in [4.78, 5) is 12.0. The van der Waals surface area contributed by atoms with Gasteiger partial charge in [-0.25, -0.2) is 0 Å². The summed E-state index contributed by atoms with van der Waals surface area (Å²) < 4.78 is 6.67. The van der Waals surface area contributed by atoms with E-state index in [1.165, 1.54) is 10.6 Å². The summed E-state index contributed by atoms with van der Waals surface area (Å²) in [7, 11) is 1.56. The molecule has 1 aromatic heterocycles. The molecule has 0 fully saturated rings. The molecule has 8 heteroatoms. The van der Waals surface area contributed by atoms with Crippen LogP contribution in [-0.2, 0) is 12.8 Å². The van der Waals surface area contributed by atoms with Crippen LogP contribution in [0.1, 0.15) is 27.3 Å². The van der Waals surface area contributed by atoms with Gasteiger partial charge in [0.15, 0.2) is 5.82 Å². The molecular formula is C25H24N4O4. The zero-order valence-electron chi connectivity index (χ0n) is 18.3. The highest BCUT2D eigenvalue weighted by molar-refractivity contribution is 5.90. The van der Waals surface area contributed by atoms with E-state index in [1.807, 2.05) is 25.1 Å². The van der Waals surface area contributed by atoms with Gasteiger partial charge in [-0.3, -0.25) is 9.36 Å². The zero-order valence-corrected chi connectivity index (χ0v) is 18.3. The van der Waals surface area contributed by atoms with Crippen LogP contribution < -0.4 is 10.5 Å². The number of nitrogens with zero attached hydrogens (tertiary/aromatic N) is 3. The fourth-order valence-corrected chi connectivity index (χ4v) is 3.74. The van der Waals surface area contributed by atoms with E-state index in [1.54, 1.807) is 37.4 Å². The number of aromatic nitrogens is 3. The Morgan fingerprint density at radius 3 is 2.42 bits per heavy atom. The summed E-state index contributed by atoms with van der Waals surface area (Å²) >= 11 is 0. The Kier molecular flexibility index (Phi) is 5.99. The lowest BCUT2D eigenvalue weighted by Crippen LogP contribution is -2.17. The van der Waals surface area contributed by atoms with E-state index < -0.39 is 5.91 Å². The molecular weight excluding hydrogens is 420 g/mol. The summed E-state index contributed by atoms with van der Waals surface area (Å²) in [5.41, 5.74) is 9.35. The first-order chi connectivity index (χ1) is 15.9. The lowest BCUT2D eigenvalue weighted by Gasteiger charge is -2.13. The molecule has 0 radical (unpaired) electrons. The molecule has 0 aliphatic heterocycles. The van der Waals surface area contributed by atoms with Crippen molar-refractivity contribution < 1.29 is 19.7 Å². The molecule has 3 aromatic carbocycles. The summed E-state index contributed by atoms with van der Waals surface area (Å²) in [5.74, 6) is -0.186. The maximum absolute atomic E-state index is 12.0. The van der Waals surface area contributed by atoms with Crippen molar-refractivity contribution in [2.45, 2.75) is 19.8 Å². The van der Waals surface area contributed by atoms with E-state index in [0.29, 0.717) is 35.4 Å². The third kappa shape index (κ3) is 4.50. The first-order valence-electron chi connectivity index (χ1n) is 10.4. The first kappa shape index (κ1) is 21.9. The van der Waals surface area contributed by atoms with Crippen molar-refractivity contribution in [3.8, 4) is 34.3 Å². The topological polar surface area (TPSA) is 123 Å². The van der Waals surface area contributed by atoms with Crippen molar-refractivity contribution in [1.82, 2.24) is 14.8 Å². The Bertz CT molecular complexity index is 1310. The lowest BCUT2D eigenvalue weighted by molar-refractivity contribution is 0.0988. The van der Waals surface area contributed by atoms with Crippen molar-refractivity contribution in [3.05, 3.63) is 83.2 Å². The number of phenols is 2. The standard InChI is InChI=1S/C25H24N4O4/c1-15-4-3-5-16(12-15)6-7-17-13-20(22(31)14-21(17)30)24-27-28-25(23(26)32)29(24)18-8-10-19(33-2)11-9-18/h3-5,8-14,30-31H,6-7H2,1-2H3,(H2,26,32). The van der Waals surface area contributed by atoms with Crippen molar-refractivity contribution in [3.63, 3.8) is 0 Å². The number of nitrogens with two attached hydrogens (primary N) is 1. The molecule has 1 heterocycles. The maximum atomic E-state index is 12.0. The van der Waals surface area contributed by atoms with Gasteiger partial charge in [-0.05, 0) is 61.2 Å². The molecule has 8 nitrogen and oxygen atoms in total. The van der Waals surface area contributed by atoms with Gasteiger partial charge in [-0.2, -0.15) is 0 Å². The van der Waals surface area contributed by atoms with Crippen LogP contribution in [0, 0.1) is 6.92 Å². The Morgan fingerprint density at radius 1 is 1.00 bits per heavy atom. The second-order valence-electron chi connectivity index (χ2n) is 7.73. The smallest absolute Gasteiger partial charge is 0.287 e. The largest absolute Gasteiger partial charge is 0.508 e. The maximum Gasteiger partial charge on any atom is 0.287 e. The highest BCUT2D eigenvalue weighted by Gasteiger charge is 2.22. The van der Waals surface area contributed by atoms with Crippen LogP contribution >= 0.6 is 0 Å². The van der Waals surface area contributed by atoms with Crippen LogP contribution in [0.5, 0.6) is 17.2 Å². The number of ether oxygens (including phenoxy) is 1. The molecule has 4 rings (SSSR count). The minimum Gasteiger partial charge on any atom is -0.508 e. The van der Waals surface area contributed by atoms with E-state index in [9.17, 15) is 15.0 Å². The predicted molar refractivity (Wildman–Crippen MR) is 124 cm³/mol. The number of aryl methyl sites for hydroxylation is 3. The third-order valence-electron chi connectivity index (χ3n) is 5.42. The minimum absolute atomic E-state index is 0.0189.